The Morgan fingerprint density at radius 2 is 2.00 bits per heavy atom. The molecule has 0 fully saturated rings. The molecule has 0 aliphatic rings. The number of carbonyl (C=O) groups excluding carboxylic acids is 1. The van der Waals surface area contributed by atoms with Gasteiger partial charge >= 0.3 is 5.97 Å². The van der Waals surface area contributed by atoms with Crippen LogP contribution in [0.5, 0.6) is 0 Å². The van der Waals surface area contributed by atoms with Crippen LogP contribution in [0, 0.1) is 6.92 Å². The normalized spacial score (nSPS) is 10.3. The first kappa shape index (κ1) is 11.6. The van der Waals surface area contributed by atoms with Crippen molar-refractivity contribution in [2.45, 2.75) is 6.92 Å². The Morgan fingerprint density at radius 3 is 2.59 bits per heavy atom. The molecule has 0 radical (unpaired) electrons. The van der Waals surface area contributed by atoms with Gasteiger partial charge in [0.1, 0.15) is 0 Å². The molecule has 0 saturated carbocycles. The number of hydrogen-bond acceptors (Lipinski definition) is 4. The van der Waals surface area contributed by atoms with Gasteiger partial charge in [0.25, 0.3) is 0 Å². The van der Waals surface area contributed by atoms with Crippen LogP contribution in [0.15, 0.2) is 24.3 Å². The summed E-state index contributed by atoms with van der Waals surface area (Å²) in [6.45, 7) is 1.75. The van der Waals surface area contributed by atoms with E-state index in [-0.39, 0.29) is 5.69 Å². The lowest BCUT2D eigenvalue weighted by atomic mass is 10.3. The molecular formula is C11H10ClN3O2. The van der Waals surface area contributed by atoms with E-state index in [2.05, 4.69) is 15.0 Å². The van der Waals surface area contributed by atoms with Gasteiger partial charge in [0, 0.05) is 5.02 Å². The van der Waals surface area contributed by atoms with Crippen molar-refractivity contribution in [3.05, 3.63) is 40.7 Å². The number of nitrogens with zero attached hydrogens (tertiary/aromatic N) is 3. The zero-order valence-electron chi connectivity index (χ0n) is 9.35. The highest BCUT2D eigenvalue weighted by Crippen LogP contribution is 2.15. The molecule has 0 bridgehead atoms. The van der Waals surface area contributed by atoms with Crippen molar-refractivity contribution in [2.24, 2.45) is 0 Å². The topological polar surface area (TPSA) is 57.0 Å². The van der Waals surface area contributed by atoms with Crippen molar-refractivity contribution in [1.82, 2.24) is 15.0 Å². The maximum Gasteiger partial charge on any atom is 0.360 e. The van der Waals surface area contributed by atoms with E-state index in [0.29, 0.717) is 10.7 Å². The summed E-state index contributed by atoms with van der Waals surface area (Å²) in [6, 6.07) is 7.09. The Labute approximate surface area is 103 Å². The number of aromatic nitrogens is 3. The third kappa shape index (κ3) is 2.14. The summed E-state index contributed by atoms with van der Waals surface area (Å²) in [6.07, 6.45) is 0. The average molecular weight is 252 g/mol. The summed E-state index contributed by atoms with van der Waals surface area (Å²) in [4.78, 5) is 11.4. The molecule has 88 valence electrons. The first-order chi connectivity index (χ1) is 8.13. The minimum Gasteiger partial charge on any atom is -0.464 e. The fourth-order valence-corrected chi connectivity index (χ4v) is 1.57. The third-order valence-corrected chi connectivity index (χ3v) is 2.60. The van der Waals surface area contributed by atoms with E-state index in [9.17, 15) is 4.79 Å². The Balaban J connectivity index is 2.44. The lowest BCUT2D eigenvalue weighted by molar-refractivity contribution is 0.0593. The van der Waals surface area contributed by atoms with Gasteiger partial charge in [-0.2, -0.15) is 0 Å². The van der Waals surface area contributed by atoms with E-state index in [1.807, 2.05) is 0 Å². The van der Waals surface area contributed by atoms with Crippen LogP contribution in [0.25, 0.3) is 5.69 Å². The second kappa shape index (κ2) is 4.55. The van der Waals surface area contributed by atoms with Gasteiger partial charge in [-0.25, -0.2) is 9.48 Å². The molecule has 0 aliphatic carbocycles. The predicted molar refractivity (Wildman–Crippen MR) is 62.4 cm³/mol. The Hall–Kier alpha value is -1.88. The van der Waals surface area contributed by atoms with Gasteiger partial charge < -0.3 is 4.74 Å². The molecule has 1 aromatic heterocycles. The molecule has 0 atom stereocenters. The van der Waals surface area contributed by atoms with Crippen molar-refractivity contribution >= 4 is 17.6 Å². The van der Waals surface area contributed by atoms with E-state index in [0.717, 1.165) is 5.69 Å². The number of benzene rings is 1. The molecule has 0 saturated heterocycles. The second-order valence-electron chi connectivity index (χ2n) is 3.40. The molecule has 2 aromatic rings. The van der Waals surface area contributed by atoms with E-state index in [1.54, 1.807) is 35.9 Å². The molecule has 2 rings (SSSR count). The molecule has 0 N–H and O–H groups in total. The van der Waals surface area contributed by atoms with Gasteiger partial charge in [-0.05, 0) is 31.2 Å². The number of esters is 1. The van der Waals surface area contributed by atoms with Gasteiger partial charge in [0.2, 0.25) is 0 Å². The van der Waals surface area contributed by atoms with Crippen LogP contribution in [0.2, 0.25) is 5.02 Å². The average Bonchev–Trinajstić information content (AvgIpc) is 2.71. The maximum absolute atomic E-state index is 11.4. The summed E-state index contributed by atoms with van der Waals surface area (Å²) in [7, 11) is 1.31. The van der Waals surface area contributed by atoms with E-state index in [1.165, 1.54) is 7.11 Å². The molecular weight excluding hydrogens is 242 g/mol. The van der Waals surface area contributed by atoms with Crippen molar-refractivity contribution in [3.8, 4) is 5.69 Å². The van der Waals surface area contributed by atoms with Crippen molar-refractivity contribution in [3.63, 3.8) is 0 Å². The first-order valence-electron chi connectivity index (χ1n) is 4.90. The van der Waals surface area contributed by atoms with Gasteiger partial charge in [-0.1, -0.05) is 16.8 Å². The van der Waals surface area contributed by atoms with Gasteiger partial charge in [-0.3, -0.25) is 0 Å². The minimum absolute atomic E-state index is 0.211. The van der Waals surface area contributed by atoms with Crippen LogP contribution in [0.3, 0.4) is 0 Å². The minimum atomic E-state index is -0.497. The number of carbonyl (C=O) groups is 1. The quantitative estimate of drug-likeness (QED) is 0.766. The molecule has 0 unspecified atom stereocenters. The van der Waals surface area contributed by atoms with Gasteiger partial charge in [-0.15, -0.1) is 5.10 Å². The third-order valence-electron chi connectivity index (χ3n) is 2.34. The predicted octanol–water partition coefficient (Wildman–Crippen LogP) is 2.02. The Kier molecular flexibility index (Phi) is 3.10. The van der Waals surface area contributed by atoms with Crippen molar-refractivity contribution in [2.75, 3.05) is 7.11 Å². The summed E-state index contributed by atoms with van der Waals surface area (Å²) >= 11 is 5.80. The van der Waals surface area contributed by atoms with Crippen LogP contribution in [0.1, 0.15) is 16.2 Å². The highest BCUT2D eigenvalue weighted by molar-refractivity contribution is 6.30. The van der Waals surface area contributed by atoms with Crippen LogP contribution < -0.4 is 0 Å². The van der Waals surface area contributed by atoms with Crippen LogP contribution in [-0.4, -0.2) is 28.1 Å². The molecule has 0 spiro atoms. The van der Waals surface area contributed by atoms with Crippen LogP contribution in [-0.2, 0) is 4.74 Å². The number of hydrogen-bond donors (Lipinski definition) is 0. The van der Waals surface area contributed by atoms with Crippen LogP contribution >= 0.6 is 11.6 Å². The summed E-state index contributed by atoms with van der Waals surface area (Å²) in [5.41, 5.74) is 1.62. The summed E-state index contributed by atoms with van der Waals surface area (Å²) in [5, 5.41) is 8.34. The molecule has 6 heteroatoms. The first-order valence-corrected chi connectivity index (χ1v) is 5.28. The number of methoxy groups -OCH3 is 1. The van der Waals surface area contributed by atoms with Gasteiger partial charge in [0.15, 0.2) is 5.69 Å². The standard InChI is InChI=1S/C11H10ClN3O2/c1-7-10(11(16)17-2)13-14-15(7)9-5-3-8(12)4-6-9/h3-6H,1-2H3. The maximum atomic E-state index is 11.4. The largest absolute Gasteiger partial charge is 0.464 e. The molecule has 1 heterocycles. The second-order valence-corrected chi connectivity index (χ2v) is 3.84. The van der Waals surface area contributed by atoms with Crippen molar-refractivity contribution < 1.29 is 9.53 Å². The lowest BCUT2D eigenvalue weighted by Gasteiger charge is -2.03. The van der Waals surface area contributed by atoms with Gasteiger partial charge in [0.05, 0.1) is 18.5 Å². The molecule has 0 aliphatic heterocycles. The monoisotopic (exact) mass is 251 g/mol. The smallest absolute Gasteiger partial charge is 0.360 e. The Bertz CT molecular complexity index is 548. The van der Waals surface area contributed by atoms with E-state index in [4.69, 9.17) is 11.6 Å². The van der Waals surface area contributed by atoms with Crippen molar-refractivity contribution in [1.29, 1.82) is 0 Å². The fourth-order valence-electron chi connectivity index (χ4n) is 1.44. The molecule has 1 aromatic carbocycles. The fraction of sp³-hybridized carbons (Fsp3) is 0.182. The molecule has 17 heavy (non-hydrogen) atoms. The zero-order chi connectivity index (χ0) is 12.4. The Morgan fingerprint density at radius 1 is 1.35 bits per heavy atom. The SMILES string of the molecule is COC(=O)c1nnn(-c2ccc(Cl)cc2)c1C. The highest BCUT2D eigenvalue weighted by atomic mass is 35.5. The van der Waals surface area contributed by atoms with E-state index >= 15 is 0 Å². The highest BCUT2D eigenvalue weighted by Gasteiger charge is 2.17. The molecule has 5 nitrogen and oxygen atoms in total. The number of halogens is 1. The lowest BCUT2D eigenvalue weighted by Crippen LogP contribution is -2.05. The van der Waals surface area contributed by atoms with E-state index < -0.39 is 5.97 Å². The summed E-state index contributed by atoms with van der Waals surface area (Å²) in [5.74, 6) is -0.497. The molecule has 0 amide bonds. The number of rotatable bonds is 2. The number of ether oxygens (including phenoxy) is 1. The van der Waals surface area contributed by atoms with Crippen LogP contribution in [0.4, 0.5) is 0 Å². The zero-order valence-corrected chi connectivity index (χ0v) is 10.1. The summed E-state index contributed by atoms with van der Waals surface area (Å²) < 4.78 is 6.17.